The normalized spacial score (nSPS) is 18.2. The maximum absolute atomic E-state index is 13.3. The van der Waals surface area contributed by atoms with Crippen molar-refractivity contribution in [3.63, 3.8) is 0 Å². The molecule has 2 aromatic heterocycles. The fourth-order valence-corrected chi connectivity index (χ4v) is 4.13. The zero-order valence-electron chi connectivity index (χ0n) is 18.8. The van der Waals surface area contributed by atoms with Gasteiger partial charge in [0, 0.05) is 29.5 Å². The standard InChI is InChI=1S/C23H25F3N4.C2H6/c1-14-12-16(24)6-11-19(14)15(2)27-17-7-9-18(10-8-17)28-21-4-3-5-22-29-20(23(25)26)13-30(21)22;1-2/h3-6,11-13,17-18,23,27-28H,2,7-10H2,1H3;1-2H3. The fourth-order valence-electron chi connectivity index (χ4n) is 4.13. The molecule has 1 aromatic carbocycles. The van der Waals surface area contributed by atoms with E-state index in [-0.39, 0.29) is 17.6 Å². The van der Waals surface area contributed by atoms with Gasteiger partial charge >= 0.3 is 0 Å². The van der Waals surface area contributed by atoms with Gasteiger partial charge < -0.3 is 10.6 Å². The van der Waals surface area contributed by atoms with Crippen LogP contribution in [-0.4, -0.2) is 21.5 Å². The summed E-state index contributed by atoms with van der Waals surface area (Å²) in [4.78, 5) is 3.98. The lowest BCUT2D eigenvalue weighted by Gasteiger charge is -2.31. The summed E-state index contributed by atoms with van der Waals surface area (Å²) >= 11 is 0. The van der Waals surface area contributed by atoms with Gasteiger partial charge in [-0.3, -0.25) is 4.40 Å². The van der Waals surface area contributed by atoms with Crippen LogP contribution in [0.2, 0.25) is 0 Å². The zero-order valence-corrected chi connectivity index (χ0v) is 18.8. The van der Waals surface area contributed by atoms with Crippen LogP contribution < -0.4 is 10.6 Å². The Hall–Kier alpha value is -2.96. The van der Waals surface area contributed by atoms with E-state index in [0.717, 1.165) is 48.3 Å². The smallest absolute Gasteiger partial charge is 0.281 e. The number of benzene rings is 1. The predicted molar refractivity (Wildman–Crippen MR) is 124 cm³/mol. The maximum atomic E-state index is 13.3. The molecule has 172 valence electrons. The highest BCUT2D eigenvalue weighted by molar-refractivity contribution is 5.64. The first-order valence-corrected chi connectivity index (χ1v) is 11.2. The first-order valence-electron chi connectivity index (χ1n) is 11.2. The molecule has 0 radical (unpaired) electrons. The molecule has 0 spiro atoms. The van der Waals surface area contributed by atoms with Crippen LogP contribution in [-0.2, 0) is 0 Å². The summed E-state index contributed by atoms with van der Waals surface area (Å²) in [5, 5.41) is 6.97. The van der Waals surface area contributed by atoms with Crippen molar-refractivity contribution in [3.05, 3.63) is 71.8 Å². The molecule has 3 aromatic rings. The van der Waals surface area contributed by atoms with E-state index in [2.05, 4.69) is 22.2 Å². The number of fused-ring (bicyclic) bond motifs is 1. The van der Waals surface area contributed by atoms with Crippen LogP contribution in [0.4, 0.5) is 19.0 Å². The molecular weight excluding hydrogens is 413 g/mol. The molecule has 0 amide bonds. The number of pyridine rings is 1. The Labute approximate surface area is 187 Å². The number of alkyl halides is 2. The van der Waals surface area contributed by atoms with Crippen LogP contribution in [0, 0.1) is 12.7 Å². The third-order valence-electron chi connectivity index (χ3n) is 5.71. The van der Waals surface area contributed by atoms with Crippen LogP contribution in [0.1, 0.15) is 62.8 Å². The highest BCUT2D eigenvalue weighted by atomic mass is 19.3. The average molecular weight is 445 g/mol. The molecule has 2 heterocycles. The minimum absolute atomic E-state index is 0.216. The van der Waals surface area contributed by atoms with Crippen molar-refractivity contribution in [1.82, 2.24) is 14.7 Å². The Bertz CT molecular complexity index is 1050. The second kappa shape index (κ2) is 10.6. The van der Waals surface area contributed by atoms with Crippen molar-refractivity contribution in [2.24, 2.45) is 0 Å². The lowest BCUT2D eigenvalue weighted by atomic mass is 9.90. The minimum Gasteiger partial charge on any atom is -0.382 e. The Morgan fingerprint density at radius 2 is 1.78 bits per heavy atom. The molecule has 1 fully saturated rings. The molecule has 2 N–H and O–H groups in total. The number of halogens is 3. The van der Waals surface area contributed by atoms with Gasteiger partial charge in [0.15, 0.2) is 0 Å². The van der Waals surface area contributed by atoms with Gasteiger partial charge in [-0.05, 0) is 68.5 Å². The Kier molecular flexibility index (Phi) is 7.83. The van der Waals surface area contributed by atoms with E-state index in [9.17, 15) is 13.2 Å². The lowest BCUT2D eigenvalue weighted by molar-refractivity contribution is 0.147. The first-order chi connectivity index (χ1) is 15.4. The topological polar surface area (TPSA) is 41.4 Å². The molecule has 1 aliphatic carbocycles. The third kappa shape index (κ3) is 5.44. The van der Waals surface area contributed by atoms with Gasteiger partial charge in [0.2, 0.25) is 0 Å². The van der Waals surface area contributed by atoms with E-state index >= 15 is 0 Å². The van der Waals surface area contributed by atoms with E-state index in [1.807, 2.05) is 32.9 Å². The van der Waals surface area contributed by atoms with Crippen LogP contribution in [0.5, 0.6) is 0 Å². The molecule has 0 aliphatic heterocycles. The fraction of sp³-hybridized carbons (Fsp3) is 0.400. The van der Waals surface area contributed by atoms with Crippen molar-refractivity contribution < 1.29 is 13.2 Å². The average Bonchev–Trinajstić information content (AvgIpc) is 3.22. The summed E-state index contributed by atoms with van der Waals surface area (Å²) in [6, 6.07) is 10.7. The number of hydrogen-bond acceptors (Lipinski definition) is 3. The van der Waals surface area contributed by atoms with E-state index in [1.165, 1.54) is 18.3 Å². The van der Waals surface area contributed by atoms with Crippen molar-refractivity contribution in [3.8, 4) is 0 Å². The van der Waals surface area contributed by atoms with Gasteiger partial charge in [0.25, 0.3) is 6.43 Å². The molecule has 0 bridgehead atoms. The lowest BCUT2D eigenvalue weighted by Crippen LogP contribution is -2.36. The maximum Gasteiger partial charge on any atom is 0.281 e. The monoisotopic (exact) mass is 444 g/mol. The Morgan fingerprint density at radius 1 is 1.09 bits per heavy atom. The molecule has 4 nitrogen and oxygen atoms in total. The molecule has 7 heteroatoms. The first kappa shape index (κ1) is 23.7. The van der Waals surface area contributed by atoms with Gasteiger partial charge in [0.05, 0.1) is 0 Å². The second-order valence-corrected chi connectivity index (χ2v) is 7.88. The summed E-state index contributed by atoms with van der Waals surface area (Å²) in [6.45, 7) is 10.0. The van der Waals surface area contributed by atoms with E-state index in [1.54, 1.807) is 16.5 Å². The molecular formula is C25H31F3N4. The number of anilines is 1. The molecule has 0 unspecified atom stereocenters. The van der Waals surface area contributed by atoms with Gasteiger partial charge in [-0.25, -0.2) is 18.2 Å². The van der Waals surface area contributed by atoms with Crippen molar-refractivity contribution in [1.29, 1.82) is 0 Å². The second-order valence-electron chi connectivity index (χ2n) is 7.88. The van der Waals surface area contributed by atoms with Gasteiger partial charge in [-0.2, -0.15) is 0 Å². The van der Waals surface area contributed by atoms with Gasteiger partial charge in [0.1, 0.15) is 23.0 Å². The molecule has 4 rings (SSSR count). The highest BCUT2D eigenvalue weighted by Gasteiger charge is 2.23. The van der Waals surface area contributed by atoms with Crippen LogP contribution in [0.25, 0.3) is 11.3 Å². The van der Waals surface area contributed by atoms with E-state index < -0.39 is 6.43 Å². The minimum atomic E-state index is -2.59. The number of hydrogen-bond donors (Lipinski definition) is 2. The SMILES string of the molecule is C=C(NC1CCC(Nc2cccc3nc(C(F)F)cn23)CC1)c1ccc(F)cc1C.CC. The van der Waals surface area contributed by atoms with Crippen LogP contribution >= 0.6 is 0 Å². The van der Waals surface area contributed by atoms with Crippen LogP contribution in [0.15, 0.2) is 49.2 Å². The Morgan fingerprint density at radius 3 is 2.44 bits per heavy atom. The van der Waals surface area contributed by atoms with Crippen LogP contribution in [0.3, 0.4) is 0 Å². The molecule has 1 aliphatic rings. The van der Waals surface area contributed by atoms with Crippen molar-refractivity contribution in [2.75, 3.05) is 5.32 Å². The summed E-state index contributed by atoms with van der Waals surface area (Å²) in [5.74, 6) is 0.527. The summed E-state index contributed by atoms with van der Waals surface area (Å²) < 4.78 is 41.0. The summed E-state index contributed by atoms with van der Waals surface area (Å²) in [7, 11) is 0. The zero-order chi connectivity index (χ0) is 23.3. The molecule has 1 saturated carbocycles. The Balaban J connectivity index is 0.00000141. The molecule has 32 heavy (non-hydrogen) atoms. The molecule has 0 atom stereocenters. The number of nitrogens with zero attached hydrogens (tertiary/aromatic N) is 2. The van der Waals surface area contributed by atoms with Crippen molar-refractivity contribution in [2.45, 2.75) is 65.0 Å². The van der Waals surface area contributed by atoms with Crippen molar-refractivity contribution >= 4 is 17.2 Å². The van der Waals surface area contributed by atoms with E-state index in [0.29, 0.717) is 11.7 Å². The summed E-state index contributed by atoms with van der Waals surface area (Å²) in [6.07, 6.45) is 2.61. The number of aromatic nitrogens is 2. The van der Waals surface area contributed by atoms with Gasteiger partial charge in [-0.15, -0.1) is 0 Å². The third-order valence-corrected chi connectivity index (χ3v) is 5.71. The molecule has 0 saturated heterocycles. The summed E-state index contributed by atoms with van der Waals surface area (Å²) in [5.41, 5.74) is 2.90. The quantitative estimate of drug-likeness (QED) is 0.443. The number of imidazole rings is 1. The number of rotatable bonds is 6. The number of nitrogens with one attached hydrogen (secondary N) is 2. The highest BCUT2D eigenvalue weighted by Crippen LogP contribution is 2.26. The largest absolute Gasteiger partial charge is 0.382 e. The van der Waals surface area contributed by atoms with E-state index in [4.69, 9.17) is 0 Å². The van der Waals surface area contributed by atoms with Gasteiger partial charge in [-0.1, -0.05) is 26.5 Å². The predicted octanol–water partition coefficient (Wildman–Crippen LogP) is 6.73. The number of aryl methyl sites for hydroxylation is 1.